The van der Waals surface area contributed by atoms with E-state index in [1.165, 1.54) is 6.92 Å². The van der Waals surface area contributed by atoms with E-state index >= 15 is 0 Å². The van der Waals surface area contributed by atoms with Crippen molar-refractivity contribution in [2.75, 3.05) is 25.1 Å². The van der Waals surface area contributed by atoms with Crippen molar-refractivity contribution in [2.24, 2.45) is 0 Å². The van der Waals surface area contributed by atoms with Gasteiger partial charge < -0.3 is 10.2 Å². The molecule has 0 saturated carbocycles. The van der Waals surface area contributed by atoms with Crippen LogP contribution in [0.4, 0.5) is 0 Å². The van der Waals surface area contributed by atoms with Crippen molar-refractivity contribution >= 4 is 23.5 Å². The molecular formula is C11H20N2O2S. The first-order chi connectivity index (χ1) is 7.38. The largest absolute Gasteiger partial charge is 0.328 e. The lowest BCUT2D eigenvalue weighted by atomic mass is 10.0. The van der Waals surface area contributed by atoms with Crippen molar-refractivity contribution in [2.45, 2.75) is 32.4 Å². The van der Waals surface area contributed by atoms with E-state index in [1.54, 1.807) is 23.7 Å². The van der Waals surface area contributed by atoms with E-state index in [1.807, 2.05) is 13.8 Å². The molecule has 0 aromatic carbocycles. The van der Waals surface area contributed by atoms with Crippen LogP contribution < -0.4 is 5.32 Å². The predicted octanol–water partition coefficient (Wildman–Crippen LogP) is 0.517. The van der Waals surface area contributed by atoms with E-state index in [0.29, 0.717) is 0 Å². The van der Waals surface area contributed by atoms with Crippen LogP contribution in [0.2, 0.25) is 0 Å². The Morgan fingerprint density at radius 1 is 1.62 bits per heavy atom. The zero-order valence-electron chi connectivity index (χ0n) is 10.4. The molecule has 1 unspecified atom stereocenters. The molecule has 0 aliphatic carbocycles. The van der Waals surface area contributed by atoms with Crippen LogP contribution in [0.15, 0.2) is 0 Å². The van der Waals surface area contributed by atoms with Crippen molar-refractivity contribution in [3.05, 3.63) is 0 Å². The molecule has 1 rings (SSSR count). The Labute approximate surface area is 101 Å². The molecule has 0 bridgehead atoms. The summed E-state index contributed by atoms with van der Waals surface area (Å²) in [5.41, 5.74) is -0.251. The van der Waals surface area contributed by atoms with Crippen molar-refractivity contribution in [3.8, 4) is 0 Å². The highest BCUT2D eigenvalue weighted by Gasteiger charge is 2.37. The van der Waals surface area contributed by atoms with E-state index in [4.69, 9.17) is 0 Å². The predicted molar refractivity (Wildman–Crippen MR) is 66.6 cm³/mol. The summed E-state index contributed by atoms with van der Waals surface area (Å²) in [6.45, 7) is 5.76. The summed E-state index contributed by atoms with van der Waals surface area (Å²) in [7, 11) is 1.79. The van der Waals surface area contributed by atoms with Crippen LogP contribution in [0, 0.1) is 0 Å². The highest BCUT2D eigenvalue weighted by Crippen LogP contribution is 2.26. The second-order valence-electron chi connectivity index (χ2n) is 4.80. The highest BCUT2D eigenvalue weighted by molar-refractivity contribution is 7.99. The number of carbonyl (C=O) groups is 2. The number of ketones is 1. The Kier molecular flexibility index (Phi) is 4.38. The summed E-state index contributed by atoms with van der Waals surface area (Å²) in [4.78, 5) is 25.2. The van der Waals surface area contributed by atoms with Gasteiger partial charge in [0.05, 0.1) is 12.6 Å². The number of carbonyl (C=O) groups excluding carboxylic acids is 2. The van der Waals surface area contributed by atoms with Gasteiger partial charge in [0.25, 0.3) is 0 Å². The average molecular weight is 244 g/mol. The molecule has 0 aromatic heterocycles. The fraction of sp³-hybridized carbons (Fsp3) is 0.818. The van der Waals surface area contributed by atoms with Crippen molar-refractivity contribution in [1.29, 1.82) is 0 Å². The quantitative estimate of drug-likeness (QED) is 0.786. The van der Waals surface area contributed by atoms with Crippen LogP contribution in [-0.2, 0) is 9.59 Å². The third kappa shape index (κ3) is 2.98. The summed E-state index contributed by atoms with van der Waals surface area (Å²) in [6, 6.07) is -0.175. The Morgan fingerprint density at radius 3 is 2.75 bits per heavy atom. The first kappa shape index (κ1) is 13.5. The van der Waals surface area contributed by atoms with E-state index in [-0.39, 0.29) is 29.8 Å². The van der Waals surface area contributed by atoms with Crippen molar-refractivity contribution in [3.63, 3.8) is 0 Å². The standard InChI is InChI=1S/C11H20N2O2S/c1-8(14)5-13-10(15)9(12-4)6-16-7-11(13,2)3/h9,12H,5-7H2,1-4H3. The first-order valence-corrected chi connectivity index (χ1v) is 6.60. The number of nitrogens with zero attached hydrogens (tertiary/aromatic N) is 1. The normalized spacial score (nSPS) is 25.4. The Hall–Kier alpha value is -0.550. The second kappa shape index (κ2) is 5.19. The van der Waals surface area contributed by atoms with Gasteiger partial charge in [0, 0.05) is 17.0 Å². The van der Waals surface area contributed by atoms with Gasteiger partial charge in [0.15, 0.2) is 0 Å². The number of Topliss-reactive ketones (excluding diaryl/α,β-unsaturated/α-hetero) is 1. The molecule has 1 aliphatic rings. The molecule has 4 nitrogen and oxygen atoms in total. The lowest BCUT2D eigenvalue weighted by Crippen LogP contribution is -2.55. The fourth-order valence-electron chi connectivity index (χ4n) is 1.78. The zero-order chi connectivity index (χ0) is 12.3. The van der Waals surface area contributed by atoms with Gasteiger partial charge in [-0.2, -0.15) is 11.8 Å². The molecule has 1 amide bonds. The smallest absolute Gasteiger partial charge is 0.241 e. The Balaban J connectivity index is 2.92. The van der Waals surface area contributed by atoms with Crippen LogP contribution in [0.3, 0.4) is 0 Å². The summed E-state index contributed by atoms with van der Waals surface area (Å²) in [5, 5.41) is 3.01. The maximum Gasteiger partial charge on any atom is 0.241 e. The summed E-state index contributed by atoms with van der Waals surface area (Å²) in [6.07, 6.45) is 0. The summed E-state index contributed by atoms with van der Waals surface area (Å²) in [5.74, 6) is 1.70. The molecule has 0 radical (unpaired) electrons. The fourth-order valence-corrected chi connectivity index (χ4v) is 3.10. The number of likely N-dealkylation sites (N-methyl/N-ethyl adjacent to an activating group) is 1. The van der Waals surface area contributed by atoms with E-state index in [2.05, 4.69) is 5.32 Å². The topological polar surface area (TPSA) is 49.4 Å². The van der Waals surface area contributed by atoms with Gasteiger partial charge >= 0.3 is 0 Å². The number of amides is 1. The van der Waals surface area contributed by atoms with E-state index in [0.717, 1.165) is 11.5 Å². The number of rotatable bonds is 3. The van der Waals surface area contributed by atoms with E-state index in [9.17, 15) is 9.59 Å². The third-order valence-corrected chi connectivity index (χ3v) is 4.24. The summed E-state index contributed by atoms with van der Waals surface area (Å²) >= 11 is 1.75. The number of hydrogen-bond acceptors (Lipinski definition) is 4. The molecule has 92 valence electrons. The number of hydrogen-bond donors (Lipinski definition) is 1. The van der Waals surface area contributed by atoms with Gasteiger partial charge in [-0.05, 0) is 27.8 Å². The molecule has 1 fully saturated rings. The van der Waals surface area contributed by atoms with Gasteiger partial charge in [0.2, 0.25) is 5.91 Å². The minimum atomic E-state index is -0.251. The number of nitrogens with one attached hydrogen (secondary N) is 1. The Bertz CT molecular complexity index is 292. The minimum absolute atomic E-state index is 0.0307. The molecule has 1 N–H and O–H groups in total. The average Bonchev–Trinajstić information content (AvgIpc) is 2.28. The van der Waals surface area contributed by atoms with Gasteiger partial charge in [-0.15, -0.1) is 0 Å². The van der Waals surface area contributed by atoms with E-state index < -0.39 is 0 Å². The van der Waals surface area contributed by atoms with Crippen LogP contribution in [0.25, 0.3) is 0 Å². The first-order valence-electron chi connectivity index (χ1n) is 5.44. The molecule has 1 aliphatic heterocycles. The summed E-state index contributed by atoms with van der Waals surface area (Å²) < 4.78 is 0. The minimum Gasteiger partial charge on any atom is -0.328 e. The Morgan fingerprint density at radius 2 is 2.25 bits per heavy atom. The molecule has 1 saturated heterocycles. The zero-order valence-corrected chi connectivity index (χ0v) is 11.2. The maximum absolute atomic E-state index is 12.2. The molecule has 5 heteroatoms. The lowest BCUT2D eigenvalue weighted by molar-refractivity contribution is -0.140. The maximum atomic E-state index is 12.2. The van der Waals surface area contributed by atoms with Crippen molar-refractivity contribution in [1.82, 2.24) is 10.2 Å². The molecular weight excluding hydrogens is 224 g/mol. The van der Waals surface area contributed by atoms with Crippen molar-refractivity contribution < 1.29 is 9.59 Å². The molecule has 1 heterocycles. The third-order valence-electron chi connectivity index (χ3n) is 2.76. The van der Waals surface area contributed by atoms with Crippen LogP contribution in [0.1, 0.15) is 20.8 Å². The van der Waals surface area contributed by atoms with Crippen LogP contribution in [-0.4, -0.2) is 53.3 Å². The van der Waals surface area contributed by atoms with Gasteiger partial charge in [-0.3, -0.25) is 9.59 Å². The van der Waals surface area contributed by atoms with Gasteiger partial charge in [-0.25, -0.2) is 0 Å². The van der Waals surface area contributed by atoms with Gasteiger partial charge in [-0.1, -0.05) is 0 Å². The van der Waals surface area contributed by atoms with Gasteiger partial charge in [0.1, 0.15) is 5.78 Å². The molecule has 1 atom stereocenters. The van der Waals surface area contributed by atoms with Crippen LogP contribution >= 0.6 is 11.8 Å². The SMILES string of the molecule is CNC1CSCC(C)(C)N(CC(C)=O)C1=O. The molecule has 16 heavy (non-hydrogen) atoms. The monoisotopic (exact) mass is 244 g/mol. The second-order valence-corrected chi connectivity index (χ2v) is 5.83. The highest BCUT2D eigenvalue weighted by atomic mass is 32.2. The van der Waals surface area contributed by atoms with Crippen LogP contribution in [0.5, 0.6) is 0 Å². The molecule has 0 aromatic rings. The molecule has 0 spiro atoms. The number of thioether (sulfide) groups is 1. The lowest BCUT2D eigenvalue weighted by Gasteiger charge is -2.37.